The molecule has 134 valence electrons. The summed E-state index contributed by atoms with van der Waals surface area (Å²) in [6, 6.07) is 7.41. The molecular weight excluding hydrogens is 332 g/mol. The molecule has 0 unspecified atom stereocenters. The summed E-state index contributed by atoms with van der Waals surface area (Å²) in [6.07, 6.45) is 2.48. The van der Waals surface area contributed by atoms with Crippen LogP contribution in [0.3, 0.4) is 0 Å². The van der Waals surface area contributed by atoms with E-state index >= 15 is 0 Å². The minimum absolute atomic E-state index is 0.128. The highest BCUT2D eigenvalue weighted by molar-refractivity contribution is 5.98. The monoisotopic (exact) mass is 352 g/mol. The SMILES string of the molecule is CCc1cc(N2CCN(C(=O)Nc3cccc4n[nH]nc34)CC2)ncn1. The van der Waals surface area contributed by atoms with Crippen molar-refractivity contribution in [2.75, 3.05) is 36.4 Å². The number of anilines is 2. The normalized spacial score (nSPS) is 14.7. The van der Waals surface area contributed by atoms with Gasteiger partial charge in [-0.05, 0) is 18.6 Å². The fourth-order valence-corrected chi connectivity index (χ4v) is 3.05. The molecule has 1 fully saturated rings. The Morgan fingerprint density at radius 3 is 2.85 bits per heavy atom. The van der Waals surface area contributed by atoms with Crippen LogP contribution in [0, 0.1) is 0 Å². The Morgan fingerprint density at radius 2 is 2.04 bits per heavy atom. The van der Waals surface area contributed by atoms with Crippen molar-refractivity contribution in [1.82, 2.24) is 30.3 Å². The fraction of sp³-hybridized carbons (Fsp3) is 0.353. The average molecular weight is 352 g/mol. The van der Waals surface area contributed by atoms with Crippen LogP contribution < -0.4 is 10.2 Å². The predicted octanol–water partition coefficient (Wildman–Crippen LogP) is 1.66. The van der Waals surface area contributed by atoms with E-state index in [1.807, 2.05) is 24.3 Å². The van der Waals surface area contributed by atoms with E-state index < -0.39 is 0 Å². The van der Waals surface area contributed by atoms with Crippen molar-refractivity contribution >= 4 is 28.6 Å². The molecule has 3 aromatic rings. The highest BCUT2D eigenvalue weighted by Gasteiger charge is 2.22. The van der Waals surface area contributed by atoms with E-state index in [-0.39, 0.29) is 6.03 Å². The molecule has 26 heavy (non-hydrogen) atoms. The number of aromatic amines is 1. The Morgan fingerprint density at radius 1 is 1.19 bits per heavy atom. The average Bonchev–Trinajstić information content (AvgIpc) is 3.18. The van der Waals surface area contributed by atoms with Gasteiger partial charge in [0, 0.05) is 37.9 Å². The third kappa shape index (κ3) is 3.15. The molecule has 2 N–H and O–H groups in total. The number of urea groups is 1. The lowest BCUT2D eigenvalue weighted by Gasteiger charge is -2.35. The number of aromatic nitrogens is 5. The minimum atomic E-state index is -0.128. The van der Waals surface area contributed by atoms with Crippen LogP contribution >= 0.6 is 0 Å². The van der Waals surface area contributed by atoms with E-state index in [4.69, 9.17) is 0 Å². The van der Waals surface area contributed by atoms with E-state index in [0.29, 0.717) is 24.3 Å². The van der Waals surface area contributed by atoms with Crippen molar-refractivity contribution in [3.8, 4) is 0 Å². The molecule has 9 nitrogen and oxygen atoms in total. The molecule has 0 aliphatic carbocycles. The van der Waals surface area contributed by atoms with Gasteiger partial charge in [0.05, 0.1) is 5.69 Å². The first-order valence-corrected chi connectivity index (χ1v) is 8.66. The van der Waals surface area contributed by atoms with Gasteiger partial charge in [0.25, 0.3) is 0 Å². The van der Waals surface area contributed by atoms with Crippen molar-refractivity contribution in [3.05, 3.63) is 36.3 Å². The fourth-order valence-electron chi connectivity index (χ4n) is 3.05. The Kier molecular flexibility index (Phi) is 4.34. The van der Waals surface area contributed by atoms with Gasteiger partial charge in [-0.15, -0.1) is 0 Å². The topological polar surface area (TPSA) is 103 Å². The van der Waals surface area contributed by atoms with Crippen LogP contribution in [-0.2, 0) is 6.42 Å². The number of piperazine rings is 1. The molecule has 1 aliphatic heterocycles. The van der Waals surface area contributed by atoms with Gasteiger partial charge in [0.1, 0.15) is 23.2 Å². The van der Waals surface area contributed by atoms with Crippen molar-refractivity contribution in [2.45, 2.75) is 13.3 Å². The molecule has 1 aromatic carbocycles. The number of nitrogens with zero attached hydrogens (tertiary/aromatic N) is 6. The quantitative estimate of drug-likeness (QED) is 0.743. The van der Waals surface area contributed by atoms with Crippen molar-refractivity contribution in [2.24, 2.45) is 0 Å². The number of carbonyl (C=O) groups is 1. The standard InChI is InChI=1S/C17H20N8O/c1-2-12-10-15(19-11-18-12)24-6-8-25(9-7-24)17(26)20-13-4-3-5-14-16(13)22-23-21-14/h3-5,10-11H,2,6-9H2,1H3,(H,20,26)(H,21,22,23). The number of hydrogen-bond donors (Lipinski definition) is 2. The zero-order valence-electron chi connectivity index (χ0n) is 14.5. The van der Waals surface area contributed by atoms with Crippen LogP contribution in [0.1, 0.15) is 12.6 Å². The van der Waals surface area contributed by atoms with Crippen LogP contribution in [0.2, 0.25) is 0 Å². The molecule has 9 heteroatoms. The molecule has 0 saturated carbocycles. The smallest absolute Gasteiger partial charge is 0.322 e. The second-order valence-corrected chi connectivity index (χ2v) is 6.12. The highest BCUT2D eigenvalue weighted by Crippen LogP contribution is 2.20. The first kappa shape index (κ1) is 16.2. The molecule has 3 heterocycles. The highest BCUT2D eigenvalue weighted by atomic mass is 16.2. The lowest BCUT2D eigenvalue weighted by Crippen LogP contribution is -2.50. The second kappa shape index (κ2) is 6.95. The van der Waals surface area contributed by atoms with Gasteiger partial charge >= 0.3 is 6.03 Å². The zero-order valence-corrected chi connectivity index (χ0v) is 14.5. The molecule has 0 radical (unpaired) electrons. The van der Waals surface area contributed by atoms with Crippen LogP contribution in [0.15, 0.2) is 30.6 Å². The predicted molar refractivity (Wildman–Crippen MR) is 98.1 cm³/mol. The summed E-state index contributed by atoms with van der Waals surface area (Å²) in [7, 11) is 0. The molecule has 0 spiro atoms. The number of hydrogen-bond acceptors (Lipinski definition) is 6. The summed E-state index contributed by atoms with van der Waals surface area (Å²) >= 11 is 0. The van der Waals surface area contributed by atoms with Gasteiger partial charge in [-0.25, -0.2) is 14.8 Å². The summed E-state index contributed by atoms with van der Waals surface area (Å²) in [4.78, 5) is 25.2. The minimum Gasteiger partial charge on any atom is -0.353 e. The van der Waals surface area contributed by atoms with Crippen molar-refractivity contribution in [1.29, 1.82) is 0 Å². The lowest BCUT2D eigenvalue weighted by atomic mass is 10.2. The summed E-state index contributed by atoms with van der Waals surface area (Å²) in [6.45, 7) is 4.81. The molecule has 2 aromatic heterocycles. The Labute approximate surface area is 150 Å². The number of benzene rings is 1. The van der Waals surface area contributed by atoms with Crippen molar-refractivity contribution in [3.63, 3.8) is 0 Å². The Bertz CT molecular complexity index is 916. The number of fused-ring (bicyclic) bond motifs is 1. The first-order valence-electron chi connectivity index (χ1n) is 8.66. The maximum atomic E-state index is 12.6. The number of para-hydroxylation sites is 1. The largest absolute Gasteiger partial charge is 0.353 e. The number of nitrogens with one attached hydrogen (secondary N) is 2. The molecule has 0 atom stereocenters. The van der Waals surface area contributed by atoms with Gasteiger partial charge < -0.3 is 15.1 Å². The summed E-state index contributed by atoms with van der Waals surface area (Å²) in [5.74, 6) is 0.921. The maximum Gasteiger partial charge on any atom is 0.322 e. The summed E-state index contributed by atoms with van der Waals surface area (Å²) in [5, 5.41) is 13.6. The molecule has 0 bridgehead atoms. The number of amides is 2. The van der Waals surface area contributed by atoms with E-state index in [9.17, 15) is 4.79 Å². The van der Waals surface area contributed by atoms with E-state index in [0.717, 1.165) is 36.5 Å². The summed E-state index contributed by atoms with van der Waals surface area (Å²) < 4.78 is 0. The van der Waals surface area contributed by atoms with Gasteiger partial charge in [0.2, 0.25) is 0 Å². The van der Waals surface area contributed by atoms with E-state index in [2.05, 4.69) is 42.5 Å². The number of aryl methyl sites for hydroxylation is 1. The third-order valence-corrected chi connectivity index (χ3v) is 4.55. The third-order valence-electron chi connectivity index (χ3n) is 4.55. The van der Waals surface area contributed by atoms with E-state index in [1.165, 1.54) is 0 Å². The molecule has 1 saturated heterocycles. The van der Waals surface area contributed by atoms with Crippen LogP contribution in [0.25, 0.3) is 11.0 Å². The van der Waals surface area contributed by atoms with E-state index in [1.54, 1.807) is 11.2 Å². The van der Waals surface area contributed by atoms with Crippen molar-refractivity contribution < 1.29 is 4.79 Å². The first-order chi connectivity index (χ1) is 12.7. The Hall–Kier alpha value is -3.23. The second-order valence-electron chi connectivity index (χ2n) is 6.12. The lowest BCUT2D eigenvalue weighted by molar-refractivity contribution is 0.208. The van der Waals surface area contributed by atoms with Crippen LogP contribution in [-0.4, -0.2) is 62.5 Å². The summed E-state index contributed by atoms with van der Waals surface area (Å²) in [5.41, 5.74) is 3.07. The van der Waals surface area contributed by atoms with Crippen LogP contribution in [0.5, 0.6) is 0 Å². The van der Waals surface area contributed by atoms with Gasteiger partial charge in [-0.1, -0.05) is 13.0 Å². The molecular formula is C17H20N8O. The van der Waals surface area contributed by atoms with Gasteiger partial charge in [0.15, 0.2) is 0 Å². The number of carbonyl (C=O) groups excluding carboxylic acids is 1. The molecule has 2 amide bonds. The van der Waals surface area contributed by atoms with Gasteiger partial charge in [-0.2, -0.15) is 15.4 Å². The number of H-pyrrole nitrogens is 1. The Balaban J connectivity index is 1.40. The maximum absolute atomic E-state index is 12.6. The molecule has 4 rings (SSSR count). The zero-order chi connectivity index (χ0) is 17.9. The van der Waals surface area contributed by atoms with Gasteiger partial charge in [-0.3, -0.25) is 0 Å². The number of rotatable bonds is 3. The van der Waals surface area contributed by atoms with Crippen LogP contribution in [0.4, 0.5) is 16.3 Å². The molecule has 1 aliphatic rings.